The van der Waals surface area contributed by atoms with Crippen LogP contribution in [0.1, 0.15) is 36.3 Å². The normalized spacial score (nSPS) is 25.3. The molecule has 0 heterocycles. The minimum Gasteiger partial charge on any atom is -0.458 e. The minimum atomic E-state index is -3.76. The van der Waals surface area contributed by atoms with Gasteiger partial charge in [-0.05, 0) is 24.0 Å². The van der Waals surface area contributed by atoms with Crippen molar-refractivity contribution in [2.24, 2.45) is 0 Å². The first-order valence-corrected chi connectivity index (χ1v) is 8.28. The van der Waals surface area contributed by atoms with Crippen molar-refractivity contribution in [3.05, 3.63) is 71.8 Å². The number of esters is 1. The third-order valence-electron chi connectivity index (χ3n) is 4.71. The molecule has 0 amide bonds. The zero-order valence-corrected chi connectivity index (χ0v) is 13.6. The van der Waals surface area contributed by atoms with Crippen molar-refractivity contribution in [2.75, 3.05) is 0 Å². The highest BCUT2D eigenvalue weighted by molar-refractivity contribution is 5.83. The zero-order valence-electron chi connectivity index (χ0n) is 13.6. The van der Waals surface area contributed by atoms with E-state index in [0.29, 0.717) is 11.1 Å². The van der Waals surface area contributed by atoms with Crippen LogP contribution in [0.5, 0.6) is 0 Å². The molecule has 0 spiro atoms. The van der Waals surface area contributed by atoms with Gasteiger partial charge in [0.15, 0.2) is 0 Å². The summed E-state index contributed by atoms with van der Waals surface area (Å²) in [6, 6.07) is 16.8. The van der Waals surface area contributed by atoms with Crippen molar-refractivity contribution in [2.45, 2.75) is 43.4 Å². The lowest BCUT2D eigenvalue weighted by Crippen LogP contribution is -2.57. The zero-order chi connectivity index (χ0) is 17.9. The SMILES string of the molecule is O=C(OCc1ccccc1)C1(F)C(c2ccccc2)CCCC1(F)F. The topological polar surface area (TPSA) is 26.3 Å². The average Bonchev–Trinajstić information content (AvgIpc) is 2.63. The van der Waals surface area contributed by atoms with E-state index in [1.807, 2.05) is 0 Å². The molecule has 2 nitrogen and oxygen atoms in total. The largest absolute Gasteiger partial charge is 0.458 e. The number of alkyl halides is 3. The Labute approximate surface area is 144 Å². The van der Waals surface area contributed by atoms with Gasteiger partial charge in [0.2, 0.25) is 0 Å². The molecular formula is C20H19F3O2. The lowest BCUT2D eigenvalue weighted by molar-refractivity contribution is -0.207. The minimum absolute atomic E-state index is 0.157. The summed E-state index contributed by atoms with van der Waals surface area (Å²) in [5.41, 5.74) is -2.35. The second-order valence-electron chi connectivity index (χ2n) is 6.33. The quantitative estimate of drug-likeness (QED) is 0.724. The van der Waals surface area contributed by atoms with Gasteiger partial charge in [-0.1, -0.05) is 60.7 Å². The molecule has 0 N–H and O–H groups in total. The predicted molar refractivity (Wildman–Crippen MR) is 88.1 cm³/mol. The van der Waals surface area contributed by atoms with E-state index in [1.54, 1.807) is 60.7 Å². The first kappa shape index (κ1) is 17.5. The summed E-state index contributed by atoms with van der Waals surface area (Å²) >= 11 is 0. The lowest BCUT2D eigenvalue weighted by Gasteiger charge is -2.41. The van der Waals surface area contributed by atoms with Crippen LogP contribution in [0.15, 0.2) is 60.7 Å². The number of halogens is 3. The maximum absolute atomic E-state index is 15.6. The van der Waals surface area contributed by atoms with E-state index in [2.05, 4.69) is 0 Å². The molecule has 2 atom stereocenters. The summed E-state index contributed by atoms with van der Waals surface area (Å²) < 4.78 is 49.5. The maximum atomic E-state index is 15.6. The Kier molecular flexibility index (Phi) is 4.84. The number of carbonyl (C=O) groups excluding carboxylic acids is 1. The lowest BCUT2D eigenvalue weighted by atomic mass is 9.70. The summed E-state index contributed by atoms with van der Waals surface area (Å²) in [6.45, 7) is -0.233. The molecule has 0 saturated heterocycles. The van der Waals surface area contributed by atoms with Crippen LogP contribution in [0.25, 0.3) is 0 Å². The van der Waals surface area contributed by atoms with E-state index in [4.69, 9.17) is 4.74 Å². The Hall–Kier alpha value is -2.30. The first-order chi connectivity index (χ1) is 11.9. The molecule has 132 valence electrons. The molecular weight excluding hydrogens is 329 g/mol. The van der Waals surface area contributed by atoms with E-state index in [-0.39, 0.29) is 19.4 Å². The van der Waals surface area contributed by atoms with Crippen LogP contribution in [0, 0.1) is 0 Å². The summed E-state index contributed by atoms with van der Waals surface area (Å²) in [7, 11) is 0. The molecule has 0 bridgehead atoms. The first-order valence-electron chi connectivity index (χ1n) is 8.28. The molecule has 2 aromatic rings. The van der Waals surface area contributed by atoms with Crippen LogP contribution < -0.4 is 0 Å². The van der Waals surface area contributed by atoms with Crippen LogP contribution in [-0.2, 0) is 16.1 Å². The molecule has 2 unspecified atom stereocenters. The Morgan fingerprint density at radius 2 is 1.60 bits per heavy atom. The number of hydrogen-bond donors (Lipinski definition) is 0. The summed E-state index contributed by atoms with van der Waals surface area (Å²) in [6.07, 6.45) is -0.325. The van der Waals surface area contributed by atoms with Crippen molar-refractivity contribution < 1.29 is 22.7 Å². The molecule has 1 aliphatic rings. The van der Waals surface area contributed by atoms with Gasteiger partial charge < -0.3 is 4.74 Å². The summed E-state index contributed by atoms with van der Waals surface area (Å²) in [5, 5.41) is 0. The molecule has 1 saturated carbocycles. The van der Waals surface area contributed by atoms with Crippen LogP contribution >= 0.6 is 0 Å². The molecule has 2 aromatic carbocycles. The number of benzene rings is 2. The fourth-order valence-electron chi connectivity index (χ4n) is 3.37. The van der Waals surface area contributed by atoms with E-state index in [9.17, 15) is 13.6 Å². The second kappa shape index (κ2) is 6.90. The fourth-order valence-corrected chi connectivity index (χ4v) is 3.37. The van der Waals surface area contributed by atoms with Gasteiger partial charge in [0.25, 0.3) is 11.6 Å². The van der Waals surface area contributed by atoms with E-state index in [0.717, 1.165) is 0 Å². The molecule has 5 heteroatoms. The predicted octanol–water partition coefficient (Wildman–Crippen LogP) is 5.04. The van der Waals surface area contributed by atoms with Crippen molar-refractivity contribution in [3.63, 3.8) is 0 Å². The van der Waals surface area contributed by atoms with Gasteiger partial charge in [-0.3, -0.25) is 0 Å². The Morgan fingerprint density at radius 3 is 2.24 bits per heavy atom. The molecule has 3 rings (SSSR count). The van der Waals surface area contributed by atoms with Gasteiger partial charge in [0.05, 0.1) is 0 Å². The highest BCUT2D eigenvalue weighted by Crippen LogP contribution is 2.52. The molecule has 0 aliphatic heterocycles. The third-order valence-corrected chi connectivity index (χ3v) is 4.71. The summed E-state index contributed by atoms with van der Waals surface area (Å²) in [5.74, 6) is -6.48. The van der Waals surface area contributed by atoms with Gasteiger partial charge in [0.1, 0.15) is 6.61 Å². The highest BCUT2D eigenvalue weighted by atomic mass is 19.3. The average molecular weight is 348 g/mol. The second-order valence-corrected chi connectivity index (χ2v) is 6.33. The number of hydrogen-bond acceptors (Lipinski definition) is 2. The standard InChI is InChI=1S/C20H19F3O2/c21-19(22)13-7-12-17(16-10-5-2-6-11-16)20(19,23)18(24)25-14-15-8-3-1-4-9-15/h1-6,8-11,17H,7,12-14H2. The van der Waals surface area contributed by atoms with Crippen molar-refractivity contribution in [1.29, 1.82) is 0 Å². The third kappa shape index (κ3) is 3.28. The maximum Gasteiger partial charge on any atom is 0.351 e. The Balaban J connectivity index is 1.87. The van der Waals surface area contributed by atoms with E-state index < -0.39 is 29.9 Å². The number of carbonyl (C=O) groups is 1. The smallest absolute Gasteiger partial charge is 0.351 e. The fraction of sp³-hybridized carbons (Fsp3) is 0.350. The van der Waals surface area contributed by atoms with Gasteiger partial charge in [-0.15, -0.1) is 0 Å². The molecule has 0 aromatic heterocycles. The molecule has 1 aliphatic carbocycles. The van der Waals surface area contributed by atoms with Crippen LogP contribution in [-0.4, -0.2) is 17.6 Å². The van der Waals surface area contributed by atoms with Crippen LogP contribution in [0.3, 0.4) is 0 Å². The Bertz CT molecular complexity index is 718. The number of rotatable bonds is 4. The van der Waals surface area contributed by atoms with Crippen molar-refractivity contribution in [1.82, 2.24) is 0 Å². The Morgan fingerprint density at radius 1 is 1.00 bits per heavy atom. The monoisotopic (exact) mass is 348 g/mol. The molecule has 1 fully saturated rings. The van der Waals surface area contributed by atoms with E-state index >= 15 is 4.39 Å². The van der Waals surface area contributed by atoms with Gasteiger partial charge in [-0.25, -0.2) is 18.0 Å². The van der Waals surface area contributed by atoms with Crippen molar-refractivity contribution in [3.8, 4) is 0 Å². The number of ether oxygens (including phenoxy) is 1. The molecule has 25 heavy (non-hydrogen) atoms. The van der Waals surface area contributed by atoms with Gasteiger partial charge >= 0.3 is 5.97 Å². The molecule has 0 radical (unpaired) electrons. The van der Waals surface area contributed by atoms with Crippen LogP contribution in [0.4, 0.5) is 13.2 Å². The van der Waals surface area contributed by atoms with Gasteiger partial charge in [-0.2, -0.15) is 0 Å². The summed E-state index contributed by atoms with van der Waals surface area (Å²) in [4.78, 5) is 12.4. The van der Waals surface area contributed by atoms with Crippen molar-refractivity contribution >= 4 is 5.97 Å². The van der Waals surface area contributed by atoms with Gasteiger partial charge in [0, 0.05) is 12.3 Å². The highest BCUT2D eigenvalue weighted by Gasteiger charge is 2.67. The van der Waals surface area contributed by atoms with E-state index in [1.165, 1.54) is 0 Å². The van der Waals surface area contributed by atoms with Crippen LogP contribution in [0.2, 0.25) is 0 Å².